The average molecular weight is 306 g/mol. The Labute approximate surface area is 136 Å². The van der Waals surface area contributed by atoms with Gasteiger partial charge in [-0.1, -0.05) is 48.5 Å². The van der Waals surface area contributed by atoms with Crippen molar-refractivity contribution in [3.05, 3.63) is 71.3 Å². The average Bonchev–Trinajstić information content (AvgIpc) is 2.60. The molecule has 0 saturated carbocycles. The molecular weight excluding hydrogens is 288 g/mol. The first-order valence-corrected chi connectivity index (χ1v) is 7.31. The van der Waals surface area contributed by atoms with E-state index in [0.29, 0.717) is 17.9 Å². The van der Waals surface area contributed by atoms with Crippen LogP contribution in [0, 0.1) is 11.3 Å². The SMILES string of the molecule is COc1ccccc1C=C(C#N)C(=O)NCCc1ccccc1. The molecule has 0 fully saturated rings. The highest BCUT2D eigenvalue weighted by Crippen LogP contribution is 2.20. The fourth-order valence-corrected chi connectivity index (χ4v) is 2.15. The molecule has 0 aliphatic rings. The van der Waals surface area contributed by atoms with E-state index in [1.165, 1.54) is 6.08 Å². The third-order valence-electron chi connectivity index (χ3n) is 3.35. The Morgan fingerprint density at radius 2 is 1.87 bits per heavy atom. The van der Waals surface area contributed by atoms with E-state index in [-0.39, 0.29) is 11.5 Å². The van der Waals surface area contributed by atoms with E-state index in [1.54, 1.807) is 19.2 Å². The maximum atomic E-state index is 12.1. The van der Waals surface area contributed by atoms with Gasteiger partial charge >= 0.3 is 0 Å². The molecule has 0 spiro atoms. The van der Waals surface area contributed by atoms with Gasteiger partial charge in [0.1, 0.15) is 17.4 Å². The predicted molar refractivity (Wildman–Crippen MR) is 89.7 cm³/mol. The number of benzene rings is 2. The highest BCUT2D eigenvalue weighted by molar-refractivity contribution is 6.01. The van der Waals surface area contributed by atoms with E-state index in [0.717, 1.165) is 12.0 Å². The first kappa shape index (κ1) is 16.3. The summed E-state index contributed by atoms with van der Waals surface area (Å²) in [6, 6.07) is 19.1. The van der Waals surface area contributed by atoms with E-state index in [1.807, 2.05) is 48.5 Å². The number of hydrogen-bond donors (Lipinski definition) is 1. The molecule has 2 aromatic rings. The molecule has 4 nitrogen and oxygen atoms in total. The molecule has 0 aromatic heterocycles. The van der Waals surface area contributed by atoms with Gasteiger partial charge in [0.2, 0.25) is 0 Å². The summed E-state index contributed by atoms with van der Waals surface area (Å²) in [6.07, 6.45) is 2.26. The lowest BCUT2D eigenvalue weighted by atomic mass is 10.1. The number of rotatable bonds is 6. The van der Waals surface area contributed by atoms with Gasteiger partial charge in [-0.15, -0.1) is 0 Å². The van der Waals surface area contributed by atoms with E-state index in [4.69, 9.17) is 4.74 Å². The highest BCUT2D eigenvalue weighted by Gasteiger charge is 2.10. The fourth-order valence-electron chi connectivity index (χ4n) is 2.15. The van der Waals surface area contributed by atoms with Gasteiger partial charge in [-0.25, -0.2) is 0 Å². The molecule has 4 heteroatoms. The van der Waals surface area contributed by atoms with Crippen molar-refractivity contribution in [2.45, 2.75) is 6.42 Å². The number of carbonyl (C=O) groups excluding carboxylic acids is 1. The number of nitriles is 1. The van der Waals surface area contributed by atoms with Crippen molar-refractivity contribution < 1.29 is 9.53 Å². The molecule has 0 radical (unpaired) electrons. The number of ether oxygens (including phenoxy) is 1. The standard InChI is InChI=1S/C19H18N2O2/c1-23-18-10-6-5-9-16(18)13-17(14-20)19(22)21-12-11-15-7-3-2-4-8-15/h2-10,13H,11-12H2,1H3,(H,21,22). The van der Waals surface area contributed by atoms with Crippen LogP contribution >= 0.6 is 0 Å². The van der Waals surface area contributed by atoms with Crippen molar-refractivity contribution in [3.8, 4) is 11.8 Å². The Morgan fingerprint density at radius 3 is 2.57 bits per heavy atom. The summed E-state index contributed by atoms with van der Waals surface area (Å²) < 4.78 is 5.22. The molecule has 1 N–H and O–H groups in total. The minimum Gasteiger partial charge on any atom is -0.496 e. The lowest BCUT2D eigenvalue weighted by Crippen LogP contribution is -2.26. The summed E-state index contributed by atoms with van der Waals surface area (Å²) in [5, 5.41) is 12.0. The van der Waals surface area contributed by atoms with Crippen molar-refractivity contribution in [3.63, 3.8) is 0 Å². The van der Waals surface area contributed by atoms with Gasteiger partial charge < -0.3 is 10.1 Å². The first-order valence-electron chi connectivity index (χ1n) is 7.31. The number of methoxy groups -OCH3 is 1. The maximum Gasteiger partial charge on any atom is 0.261 e. The number of nitrogens with zero attached hydrogens (tertiary/aromatic N) is 1. The molecule has 23 heavy (non-hydrogen) atoms. The number of carbonyl (C=O) groups is 1. The second-order valence-electron chi connectivity index (χ2n) is 4.90. The molecule has 2 rings (SSSR count). The zero-order valence-corrected chi connectivity index (χ0v) is 13.0. The van der Waals surface area contributed by atoms with Crippen LogP contribution in [0.5, 0.6) is 5.75 Å². The lowest BCUT2D eigenvalue weighted by molar-refractivity contribution is -0.117. The second-order valence-corrected chi connectivity index (χ2v) is 4.90. The summed E-state index contributed by atoms with van der Waals surface area (Å²) >= 11 is 0. The van der Waals surface area contributed by atoms with Crippen LogP contribution in [0.1, 0.15) is 11.1 Å². The molecular formula is C19H18N2O2. The van der Waals surface area contributed by atoms with Crippen LogP contribution in [-0.4, -0.2) is 19.6 Å². The van der Waals surface area contributed by atoms with Gasteiger partial charge in [-0.3, -0.25) is 4.79 Å². The van der Waals surface area contributed by atoms with Crippen molar-refractivity contribution in [2.75, 3.05) is 13.7 Å². The molecule has 0 aliphatic heterocycles. The minimum absolute atomic E-state index is 0.0579. The largest absolute Gasteiger partial charge is 0.496 e. The van der Waals surface area contributed by atoms with E-state index < -0.39 is 0 Å². The minimum atomic E-state index is -0.380. The van der Waals surface area contributed by atoms with Crippen LogP contribution in [0.2, 0.25) is 0 Å². The molecule has 1 amide bonds. The maximum absolute atomic E-state index is 12.1. The van der Waals surface area contributed by atoms with Gasteiger partial charge in [-0.05, 0) is 24.1 Å². The predicted octanol–water partition coefficient (Wildman–Crippen LogP) is 2.96. The van der Waals surface area contributed by atoms with Crippen molar-refractivity contribution in [1.82, 2.24) is 5.32 Å². The normalized spacial score (nSPS) is 10.7. The third-order valence-corrected chi connectivity index (χ3v) is 3.35. The zero-order chi connectivity index (χ0) is 16.5. The van der Waals surface area contributed by atoms with Crippen LogP contribution in [0.25, 0.3) is 6.08 Å². The summed E-state index contributed by atoms with van der Waals surface area (Å²) in [7, 11) is 1.55. The molecule has 2 aromatic carbocycles. The monoisotopic (exact) mass is 306 g/mol. The van der Waals surface area contributed by atoms with Gasteiger partial charge in [0.05, 0.1) is 7.11 Å². The van der Waals surface area contributed by atoms with Crippen LogP contribution in [0.4, 0.5) is 0 Å². The summed E-state index contributed by atoms with van der Waals surface area (Å²) in [6.45, 7) is 0.480. The Hall–Kier alpha value is -3.06. The number of hydrogen-bond acceptors (Lipinski definition) is 3. The number of nitrogens with one attached hydrogen (secondary N) is 1. The Bertz CT molecular complexity index is 731. The first-order chi connectivity index (χ1) is 11.2. The van der Waals surface area contributed by atoms with Crippen LogP contribution in [-0.2, 0) is 11.2 Å². The Kier molecular flexibility index (Phi) is 5.96. The second kappa shape index (κ2) is 8.40. The van der Waals surface area contributed by atoms with Crippen molar-refractivity contribution in [1.29, 1.82) is 5.26 Å². The van der Waals surface area contributed by atoms with E-state index in [2.05, 4.69) is 5.32 Å². The fraction of sp³-hybridized carbons (Fsp3) is 0.158. The van der Waals surface area contributed by atoms with Gasteiger partial charge in [0.15, 0.2) is 0 Å². The quantitative estimate of drug-likeness (QED) is 0.659. The van der Waals surface area contributed by atoms with Gasteiger partial charge in [-0.2, -0.15) is 5.26 Å². The third kappa shape index (κ3) is 4.72. The van der Waals surface area contributed by atoms with Crippen molar-refractivity contribution >= 4 is 12.0 Å². The molecule has 116 valence electrons. The smallest absolute Gasteiger partial charge is 0.261 e. The molecule has 0 unspecified atom stereocenters. The molecule has 0 aliphatic carbocycles. The van der Waals surface area contributed by atoms with Crippen LogP contribution in [0.3, 0.4) is 0 Å². The topological polar surface area (TPSA) is 62.1 Å². The van der Waals surface area contributed by atoms with Crippen LogP contribution < -0.4 is 10.1 Å². The van der Waals surface area contributed by atoms with E-state index >= 15 is 0 Å². The molecule has 0 atom stereocenters. The highest BCUT2D eigenvalue weighted by atomic mass is 16.5. The molecule has 0 bridgehead atoms. The zero-order valence-electron chi connectivity index (χ0n) is 13.0. The van der Waals surface area contributed by atoms with Gasteiger partial charge in [0.25, 0.3) is 5.91 Å². The number of amides is 1. The summed E-state index contributed by atoms with van der Waals surface area (Å²) in [4.78, 5) is 12.1. The van der Waals surface area contributed by atoms with Gasteiger partial charge in [0, 0.05) is 12.1 Å². The molecule has 0 heterocycles. The molecule has 0 saturated heterocycles. The Morgan fingerprint density at radius 1 is 1.17 bits per heavy atom. The summed E-state index contributed by atoms with van der Waals surface area (Å²) in [5.74, 6) is 0.242. The lowest BCUT2D eigenvalue weighted by Gasteiger charge is -2.06. The van der Waals surface area contributed by atoms with Crippen molar-refractivity contribution in [2.24, 2.45) is 0 Å². The number of para-hydroxylation sites is 1. The van der Waals surface area contributed by atoms with E-state index in [9.17, 15) is 10.1 Å². The Balaban J connectivity index is 2.01. The van der Waals surface area contributed by atoms with Crippen LogP contribution in [0.15, 0.2) is 60.2 Å². The summed E-state index contributed by atoms with van der Waals surface area (Å²) in [5.41, 5.74) is 1.90.